The summed E-state index contributed by atoms with van der Waals surface area (Å²) in [4.78, 5) is 2.38. The smallest absolute Gasteiger partial charge is 0.145 e. The van der Waals surface area contributed by atoms with E-state index >= 15 is 0 Å². The summed E-state index contributed by atoms with van der Waals surface area (Å²) in [5.74, 6) is 0. The number of fused-ring (bicyclic) bond motifs is 13. The Bertz CT molecular complexity index is 4170. The van der Waals surface area contributed by atoms with E-state index in [0.717, 1.165) is 61.3 Å². The van der Waals surface area contributed by atoms with E-state index in [9.17, 15) is 0 Å². The minimum absolute atomic E-state index is 0.880. The first-order valence-electron chi connectivity index (χ1n) is 22.0. The third kappa shape index (κ3) is 5.66. The number of hydrogen-bond acceptors (Lipinski definition) is 4. The number of hydrogen-bond donors (Lipinski definition) is 0. The summed E-state index contributed by atoms with van der Waals surface area (Å²) in [6, 6.07) is 79.6. The average Bonchev–Trinajstić information content (AvgIpc) is 4.13. The van der Waals surface area contributed by atoms with Crippen LogP contribution in [-0.4, -0.2) is 4.57 Å². The molecule has 0 aliphatic rings. The number of para-hydroxylation sites is 2. The first kappa shape index (κ1) is 36.5. The van der Waals surface area contributed by atoms with Crippen LogP contribution in [0.3, 0.4) is 0 Å². The van der Waals surface area contributed by atoms with Gasteiger partial charge in [-0.05, 0) is 108 Å². The Morgan fingerprint density at radius 1 is 0.369 bits per heavy atom. The largest absolute Gasteiger partial charge is 0.455 e. The second-order valence-electron chi connectivity index (χ2n) is 16.8. The van der Waals surface area contributed by atoms with Gasteiger partial charge in [0.25, 0.3) is 0 Å². The summed E-state index contributed by atoms with van der Waals surface area (Å²) < 4.78 is 14.6. The van der Waals surface area contributed by atoms with Gasteiger partial charge in [-0.3, -0.25) is 0 Å². The molecule has 0 atom stereocenters. The Kier molecular flexibility index (Phi) is 8.02. The third-order valence-electron chi connectivity index (χ3n) is 13.2. The molecule has 0 aliphatic heterocycles. The lowest BCUT2D eigenvalue weighted by molar-refractivity contribution is 0.670. The highest BCUT2D eigenvalue weighted by Crippen LogP contribution is 2.47. The molecule has 14 aromatic rings. The molecule has 5 heteroatoms. The predicted octanol–water partition coefficient (Wildman–Crippen LogP) is 18.2. The molecule has 0 saturated heterocycles. The lowest BCUT2D eigenvalue weighted by Crippen LogP contribution is -2.09. The number of anilines is 3. The van der Waals surface area contributed by atoms with Gasteiger partial charge in [0.05, 0.1) is 16.4 Å². The van der Waals surface area contributed by atoms with Crippen molar-refractivity contribution in [2.24, 2.45) is 0 Å². The molecule has 4 aromatic heterocycles. The van der Waals surface area contributed by atoms with Crippen LogP contribution in [0.4, 0.5) is 17.1 Å². The fraction of sp³-hybridized carbons (Fsp3) is 0. The van der Waals surface area contributed by atoms with Crippen molar-refractivity contribution in [1.29, 1.82) is 0 Å². The first-order chi connectivity index (χ1) is 32.2. The molecule has 10 aromatic carbocycles. The van der Waals surface area contributed by atoms with Crippen LogP contribution in [0.1, 0.15) is 0 Å². The Labute approximate surface area is 381 Å². The molecule has 0 aliphatic carbocycles. The maximum Gasteiger partial charge on any atom is 0.145 e. The summed E-state index contributed by atoms with van der Waals surface area (Å²) in [6.07, 6.45) is 0. The summed E-state index contributed by atoms with van der Waals surface area (Å²) in [7, 11) is 0. The molecule has 0 spiro atoms. The van der Waals surface area contributed by atoms with Gasteiger partial charge in [0.2, 0.25) is 0 Å². The van der Waals surface area contributed by atoms with E-state index in [2.05, 4.69) is 228 Å². The number of nitrogens with zero attached hydrogens (tertiary/aromatic N) is 2. The van der Waals surface area contributed by atoms with Crippen molar-refractivity contribution in [1.82, 2.24) is 4.57 Å². The van der Waals surface area contributed by atoms with Crippen LogP contribution in [-0.2, 0) is 0 Å². The number of rotatable bonds is 6. The number of furan rings is 1. The van der Waals surface area contributed by atoms with Crippen molar-refractivity contribution in [3.8, 4) is 27.9 Å². The number of aromatic nitrogens is 1. The first-order valence-corrected chi connectivity index (χ1v) is 23.6. The van der Waals surface area contributed by atoms with Gasteiger partial charge in [-0.25, -0.2) is 0 Å². The maximum atomic E-state index is 6.96. The molecule has 0 unspecified atom stereocenters. The average molecular weight is 865 g/mol. The van der Waals surface area contributed by atoms with E-state index in [1.54, 1.807) is 0 Å². The monoisotopic (exact) mass is 864 g/mol. The molecular weight excluding hydrogens is 829 g/mol. The quantitative estimate of drug-likeness (QED) is 0.166. The van der Waals surface area contributed by atoms with Crippen LogP contribution >= 0.6 is 22.7 Å². The highest BCUT2D eigenvalue weighted by Gasteiger charge is 2.24. The zero-order chi connectivity index (χ0) is 42.6. The maximum absolute atomic E-state index is 6.96. The van der Waals surface area contributed by atoms with E-state index in [4.69, 9.17) is 4.42 Å². The summed E-state index contributed by atoms with van der Waals surface area (Å²) in [5, 5.41) is 9.78. The van der Waals surface area contributed by atoms with E-state index in [0.29, 0.717) is 0 Å². The fourth-order valence-corrected chi connectivity index (χ4v) is 12.4. The molecule has 0 amide bonds. The van der Waals surface area contributed by atoms with Crippen LogP contribution in [0.25, 0.3) is 112 Å². The van der Waals surface area contributed by atoms with Crippen molar-refractivity contribution in [2.45, 2.75) is 0 Å². The molecule has 65 heavy (non-hydrogen) atoms. The molecule has 304 valence electrons. The van der Waals surface area contributed by atoms with Gasteiger partial charge in [0.15, 0.2) is 0 Å². The van der Waals surface area contributed by atoms with Crippen LogP contribution in [0.15, 0.2) is 223 Å². The van der Waals surface area contributed by atoms with Crippen molar-refractivity contribution in [3.63, 3.8) is 0 Å². The predicted molar refractivity (Wildman–Crippen MR) is 279 cm³/mol. The van der Waals surface area contributed by atoms with Gasteiger partial charge >= 0.3 is 0 Å². The van der Waals surface area contributed by atoms with Gasteiger partial charge < -0.3 is 13.9 Å². The van der Waals surface area contributed by atoms with Crippen LogP contribution in [0.5, 0.6) is 0 Å². The van der Waals surface area contributed by atoms with E-state index in [-0.39, 0.29) is 0 Å². The Morgan fingerprint density at radius 2 is 0.908 bits per heavy atom. The second-order valence-corrected chi connectivity index (χ2v) is 19.0. The van der Waals surface area contributed by atoms with Crippen molar-refractivity contribution in [3.05, 3.63) is 218 Å². The van der Waals surface area contributed by atoms with Crippen LogP contribution in [0.2, 0.25) is 0 Å². The molecule has 4 heterocycles. The van der Waals surface area contributed by atoms with Crippen LogP contribution < -0.4 is 4.90 Å². The molecule has 3 nitrogen and oxygen atoms in total. The topological polar surface area (TPSA) is 21.3 Å². The van der Waals surface area contributed by atoms with Crippen molar-refractivity contribution >= 4 is 124 Å². The van der Waals surface area contributed by atoms with E-state index in [1.165, 1.54) is 67.8 Å². The van der Waals surface area contributed by atoms with Crippen molar-refractivity contribution < 1.29 is 4.42 Å². The highest BCUT2D eigenvalue weighted by atomic mass is 32.1. The van der Waals surface area contributed by atoms with Gasteiger partial charge in [0, 0.05) is 84.8 Å². The summed E-state index contributed by atoms with van der Waals surface area (Å²) in [6.45, 7) is 0. The highest BCUT2D eigenvalue weighted by molar-refractivity contribution is 7.26. The van der Waals surface area contributed by atoms with Crippen molar-refractivity contribution in [2.75, 3.05) is 4.90 Å². The van der Waals surface area contributed by atoms with E-state index in [1.807, 2.05) is 22.7 Å². The minimum Gasteiger partial charge on any atom is -0.455 e. The molecule has 0 saturated carbocycles. The Balaban J connectivity index is 0.961. The Hall–Kier alpha value is -7.96. The standard InChI is InChI=1S/C60H36N2OS2/c1-2-12-37(13-3-1)38-22-26-40(27-23-38)61(42-30-32-56-49(34-42)45-15-6-10-20-54(45)64-56)41-28-24-39(25-29-41)48-36-51-44-14-4-8-18-52(44)62(59(51)58-47-17-5-9-19-53(47)63-60(48)58)43-31-33-57-50(35-43)46-16-7-11-21-55(46)65-57/h1-36H. The molecule has 0 bridgehead atoms. The van der Waals surface area contributed by atoms with Gasteiger partial charge in [-0.15, -0.1) is 22.7 Å². The molecule has 0 fully saturated rings. The van der Waals surface area contributed by atoms with Gasteiger partial charge in [-0.2, -0.15) is 0 Å². The molecule has 0 radical (unpaired) electrons. The zero-order valence-corrected chi connectivity index (χ0v) is 36.5. The number of benzene rings is 10. The van der Waals surface area contributed by atoms with Gasteiger partial charge in [-0.1, -0.05) is 127 Å². The van der Waals surface area contributed by atoms with E-state index < -0.39 is 0 Å². The number of thiophene rings is 2. The SMILES string of the molecule is c1ccc(-c2ccc(N(c3ccc(-c4cc5c6ccccc6n(-c6ccc7sc8ccccc8c7c6)c5c5c4oc4ccccc45)cc3)c3ccc4sc5ccccc5c4c3)cc2)cc1. The summed E-state index contributed by atoms with van der Waals surface area (Å²) in [5.41, 5.74) is 13.1. The second kappa shape index (κ2) is 14.3. The fourth-order valence-electron chi connectivity index (χ4n) is 10.2. The van der Waals surface area contributed by atoms with Gasteiger partial charge in [0.1, 0.15) is 11.2 Å². The lowest BCUT2D eigenvalue weighted by Gasteiger charge is -2.26. The van der Waals surface area contributed by atoms with Crippen LogP contribution in [0, 0.1) is 0 Å². The third-order valence-corrected chi connectivity index (χ3v) is 15.5. The molecular formula is C60H36N2OS2. The molecule has 14 rings (SSSR count). The molecule has 0 N–H and O–H groups in total. The summed E-state index contributed by atoms with van der Waals surface area (Å²) >= 11 is 3.70. The minimum atomic E-state index is 0.880. The lowest BCUT2D eigenvalue weighted by atomic mass is 9.98. The normalized spacial score (nSPS) is 12.0. The zero-order valence-electron chi connectivity index (χ0n) is 34.9. The Morgan fingerprint density at radius 3 is 1.63 bits per heavy atom.